The lowest BCUT2D eigenvalue weighted by atomic mass is 9.91. The maximum Gasteiger partial charge on any atom is 0.0402 e. The normalized spacial score (nSPS) is 35.3. The first-order valence-corrected chi connectivity index (χ1v) is 9.47. The lowest BCUT2D eigenvalue weighted by molar-refractivity contribution is 0.110. The van der Waals surface area contributed by atoms with Gasteiger partial charge < -0.3 is 4.90 Å². The largest absolute Gasteiger partial charge is 0.368 e. The first-order chi connectivity index (χ1) is 10.9. The van der Waals surface area contributed by atoms with Crippen molar-refractivity contribution in [2.24, 2.45) is 11.8 Å². The van der Waals surface area contributed by atoms with Crippen LogP contribution in [-0.4, -0.2) is 36.6 Å². The molecule has 3 fully saturated rings. The minimum atomic E-state index is 0.790. The summed E-state index contributed by atoms with van der Waals surface area (Å²) in [7, 11) is 0. The molecule has 1 aromatic rings. The molecule has 0 spiro atoms. The lowest BCUT2D eigenvalue weighted by Gasteiger charge is -2.42. The third-order valence-electron chi connectivity index (χ3n) is 7.03. The van der Waals surface area contributed by atoms with Crippen molar-refractivity contribution in [3.63, 3.8) is 0 Å². The molecule has 2 aliphatic carbocycles. The second-order valence-electron chi connectivity index (χ2n) is 8.08. The first kappa shape index (κ1) is 13.4. The zero-order chi connectivity index (χ0) is 14.5. The Morgan fingerprint density at radius 1 is 0.864 bits per heavy atom. The minimum Gasteiger partial charge on any atom is -0.368 e. The van der Waals surface area contributed by atoms with Gasteiger partial charge in [-0.05, 0) is 62.0 Å². The number of nitrogens with zero attached hydrogens (tertiary/aromatic N) is 2. The number of fused-ring (bicyclic) bond motifs is 3. The van der Waals surface area contributed by atoms with Crippen LogP contribution in [0.1, 0.15) is 44.1 Å². The Morgan fingerprint density at radius 2 is 1.73 bits per heavy atom. The molecule has 118 valence electrons. The summed E-state index contributed by atoms with van der Waals surface area (Å²) in [6.45, 7) is 3.94. The van der Waals surface area contributed by atoms with Crippen molar-refractivity contribution < 1.29 is 0 Å². The van der Waals surface area contributed by atoms with Crippen molar-refractivity contribution in [1.82, 2.24) is 4.90 Å². The van der Waals surface area contributed by atoms with Gasteiger partial charge in [-0.2, -0.15) is 0 Å². The molecular weight excluding hydrogens is 268 g/mol. The van der Waals surface area contributed by atoms with Crippen LogP contribution in [-0.2, 0) is 6.42 Å². The van der Waals surface area contributed by atoms with Crippen molar-refractivity contribution in [2.45, 2.75) is 57.0 Å². The molecule has 22 heavy (non-hydrogen) atoms. The number of piperidine rings is 1. The molecule has 5 rings (SSSR count). The van der Waals surface area contributed by atoms with E-state index in [0.717, 1.165) is 23.9 Å². The molecule has 0 amide bonds. The predicted molar refractivity (Wildman–Crippen MR) is 91.3 cm³/mol. The van der Waals surface area contributed by atoms with Gasteiger partial charge in [-0.25, -0.2) is 0 Å². The van der Waals surface area contributed by atoms with Gasteiger partial charge in [-0.15, -0.1) is 0 Å². The molecule has 3 unspecified atom stereocenters. The molecule has 2 heteroatoms. The molecule has 0 aromatic heterocycles. The fraction of sp³-hybridized carbons (Fsp3) is 0.700. The van der Waals surface area contributed by atoms with Crippen molar-refractivity contribution >= 4 is 5.69 Å². The van der Waals surface area contributed by atoms with Crippen LogP contribution in [0.2, 0.25) is 0 Å². The van der Waals surface area contributed by atoms with Crippen LogP contribution < -0.4 is 4.90 Å². The molecule has 1 saturated heterocycles. The lowest BCUT2D eigenvalue weighted by Crippen LogP contribution is -2.49. The molecular formula is C20H28N2. The summed E-state index contributed by atoms with van der Waals surface area (Å²) in [5.74, 6) is 2.13. The molecule has 2 aliphatic heterocycles. The van der Waals surface area contributed by atoms with Crippen LogP contribution >= 0.6 is 0 Å². The third-order valence-corrected chi connectivity index (χ3v) is 7.03. The predicted octanol–water partition coefficient (Wildman–Crippen LogP) is 3.70. The Bertz CT molecular complexity index is 546. The van der Waals surface area contributed by atoms with Gasteiger partial charge in [0, 0.05) is 37.4 Å². The minimum absolute atomic E-state index is 0.790. The maximum atomic E-state index is 2.86. The molecule has 0 N–H and O–H groups in total. The highest BCUT2D eigenvalue weighted by Crippen LogP contribution is 2.47. The summed E-state index contributed by atoms with van der Waals surface area (Å²) >= 11 is 0. The van der Waals surface area contributed by atoms with Gasteiger partial charge in [0.05, 0.1) is 0 Å². The molecule has 2 heterocycles. The second-order valence-corrected chi connectivity index (χ2v) is 8.08. The van der Waals surface area contributed by atoms with Gasteiger partial charge in [0.2, 0.25) is 0 Å². The highest BCUT2D eigenvalue weighted by Gasteiger charge is 2.43. The summed E-state index contributed by atoms with van der Waals surface area (Å²) in [5, 5.41) is 0. The number of benzene rings is 1. The third kappa shape index (κ3) is 2.11. The van der Waals surface area contributed by atoms with E-state index < -0.39 is 0 Å². The summed E-state index contributed by atoms with van der Waals surface area (Å²) < 4.78 is 0. The van der Waals surface area contributed by atoms with Gasteiger partial charge in [-0.1, -0.05) is 24.6 Å². The van der Waals surface area contributed by atoms with Crippen LogP contribution in [0.25, 0.3) is 0 Å². The van der Waals surface area contributed by atoms with E-state index in [4.69, 9.17) is 0 Å². The molecule has 4 aliphatic rings. The number of anilines is 1. The highest BCUT2D eigenvalue weighted by molar-refractivity contribution is 5.58. The SMILES string of the molecule is c1ccc2c(c1)CCN2C1CCN(C2CC3CCC2C3)CC1. The fourth-order valence-corrected chi connectivity index (χ4v) is 5.93. The van der Waals surface area contributed by atoms with Gasteiger partial charge in [-0.3, -0.25) is 4.90 Å². The van der Waals surface area contributed by atoms with E-state index in [-0.39, 0.29) is 0 Å². The van der Waals surface area contributed by atoms with Gasteiger partial charge >= 0.3 is 0 Å². The Balaban J connectivity index is 1.24. The topological polar surface area (TPSA) is 6.48 Å². The Labute approximate surface area is 134 Å². The quantitative estimate of drug-likeness (QED) is 0.821. The molecule has 2 bridgehead atoms. The average Bonchev–Trinajstić information content (AvgIpc) is 3.30. The summed E-state index contributed by atoms with van der Waals surface area (Å²) in [6.07, 6.45) is 10.1. The number of likely N-dealkylation sites (tertiary alicyclic amines) is 1. The van der Waals surface area contributed by atoms with Crippen molar-refractivity contribution in [2.75, 3.05) is 24.5 Å². The van der Waals surface area contributed by atoms with Gasteiger partial charge in [0.25, 0.3) is 0 Å². The molecule has 2 nitrogen and oxygen atoms in total. The van der Waals surface area contributed by atoms with E-state index >= 15 is 0 Å². The van der Waals surface area contributed by atoms with Crippen LogP contribution in [0.3, 0.4) is 0 Å². The standard InChI is InChI=1S/C20H28N2/c1-2-4-19-16(3-1)7-12-22(19)18-8-10-21(11-9-18)20-14-15-5-6-17(20)13-15/h1-4,15,17-18,20H,5-14H2. The monoisotopic (exact) mass is 296 g/mol. The number of rotatable bonds is 2. The van der Waals surface area contributed by atoms with Gasteiger partial charge in [0.15, 0.2) is 0 Å². The number of hydrogen-bond acceptors (Lipinski definition) is 2. The molecule has 1 aromatic carbocycles. The van der Waals surface area contributed by atoms with E-state index in [0.29, 0.717) is 0 Å². The van der Waals surface area contributed by atoms with Crippen LogP contribution in [0.4, 0.5) is 5.69 Å². The Kier molecular flexibility index (Phi) is 3.21. The molecule has 2 saturated carbocycles. The van der Waals surface area contributed by atoms with E-state index in [2.05, 4.69) is 34.1 Å². The van der Waals surface area contributed by atoms with E-state index in [1.807, 2.05) is 0 Å². The van der Waals surface area contributed by atoms with Crippen molar-refractivity contribution in [3.8, 4) is 0 Å². The van der Waals surface area contributed by atoms with E-state index in [1.54, 1.807) is 12.0 Å². The van der Waals surface area contributed by atoms with Crippen molar-refractivity contribution in [1.29, 1.82) is 0 Å². The fourth-order valence-electron chi connectivity index (χ4n) is 5.93. The zero-order valence-corrected chi connectivity index (χ0v) is 13.6. The molecule has 0 radical (unpaired) electrons. The van der Waals surface area contributed by atoms with Crippen molar-refractivity contribution in [3.05, 3.63) is 29.8 Å². The highest BCUT2D eigenvalue weighted by atomic mass is 15.2. The summed E-state index contributed by atoms with van der Waals surface area (Å²) in [5.41, 5.74) is 3.10. The van der Waals surface area contributed by atoms with E-state index in [9.17, 15) is 0 Å². The second kappa shape index (κ2) is 5.26. The van der Waals surface area contributed by atoms with E-state index in [1.165, 1.54) is 63.8 Å². The molecule has 3 atom stereocenters. The Morgan fingerprint density at radius 3 is 2.50 bits per heavy atom. The average molecular weight is 296 g/mol. The van der Waals surface area contributed by atoms with Crippen LogP contribution in [0, 0.1) is 11.8 Å². The zero-order valence-electron chi connectivity index (χ0n) is 13.6. The maximum absolute atomic E-state index is 2.86. The first-order valence-electron chi connectivity index (χ1n) is 9.47. The number of hydrogen-bond donors (Lipinski definition) is 0. The smallest absolute Gasteiger partial charge is 0.0402 e. The number of para-hydroxylation sites is 1. The Hall–Kier alpha value is -1.02. The summed E-state index contributed by atoms with van der Waals surface area (Å²) in [4.78, 5) is 5.58. The van der Waals surface area contributed by atoms with Gasteiger partial charge in [0.1, 0.15) is 0 Å². The summed E-state index contributed by atoms with van der Waals surface area (Å²) in [6, 6.07) is 10.8. The van der Waals surface area contributed by atoms with Crippen LogP contribution in [0.15, 0.2) is 24.3 Å². The van der Waals surface area contributed by atoms with Crippen LogP contribution in [0.5, 0.6) is 0 Å².